The first kappa shape index (κ1) is 19.2. The van der Waals surface area contributed by atoms with Crippen molar-refractivity contribution in [3.8, 4) is 5.75 Å². The average molecular weight is 378 g/mol. The highest BCUT2D eigenvalue weighted by atomic mass is 32.2. The van der Waals surface area contributed by atoms with Crippen LogP contribution in [-0.2, 0) is 25.2 Å². The Bertz CT molecular complexity index is 666. The molecule has 0 amide bonds. The molecule has 0 saturated carbocycles. The van der Waals surface area contributed by atoms with Crippen molar-refractivity contribution >= 4 is 25.6 Å². The maximum atomic E-state index is 11.8. The minimum Gasteiger partial charge on any atom is -0.506 e. The smallest absolute Gasteiger partial charge is 0.469 e. The van der Waals surface area contributed by atoms with Gasteiger partial charge in [-0.3, -0.25) is 19.6 Å². The van der Waals surface area contributed by atoms with Crippen LogP contribution < -0.4 is 5.32 Å². The Hall–Kier alpha value is -1.16. The third-order valence-corrected chi connectivity index (χ3v) is 5.06. The normalized spacial score (nSPS) is 21.0. The molecular formula is C13H19N2O7PS. The van der Waals surface area contributed by atoms with Crippen molar-refractivity contribution in [2.24, 2.45) is 0 Å². The van der Waals surface area contributed by atoms with E-state index in [0.717, 1.165) is 0 Å². The predicted molar refractivity (Wildman–Crippen MR) is 86.2 cm³/mol. The number of aromatic nitrogens is 1. The third-order valence-electron chi connectivity index (χ3n) is 3.36. The molecule has 2 atom stereocenters. The Morgan fingerprint density at radius 2 is 2.25 bits per heavy atom. The fourth-order valence-corrected chi connectivity index (χ4v) is 3.85. The number of esters is 1. The molecule has 1 aromatic heterocycles. The van der Waals surface area contributed by atoms with E-state index in [2.05, 4.69) is 14.8 Å². The van der Waals surface area contributed by atoms with E-state index in [1.807, 2.05) is 0 Å². The molecule has 2 heterocycles. The molecule has 1 fully saturated rings. The van der Waals surface area contributed by atoms with E-state index in [-0.39, 0.29) is 18.3 Å². The Kier molecular flexibility index (Phi) is 6.24. The van der Waals surface area contributed by atoms with E-state index in [9.17, 15) is 14.5 Å². The van der Waals surface area contributed by atoms with Crippen molar-refractivity contribution < 1.29 is 33.5 Å². The van der Waals surface area contributed by atoms with Crippen LogP contribution in [0.4, 0.5) is 0 Å². The molecule has 1 aliphatic rings. The van der Waals surface area contributed by atoms with Crippen LogP contribution in [0.2, 0.25) is 0 Å². The third kappa shape index (κ3) is 4.69. The molecular weight excluding hydrogens is 359 g/mol. The lowest BCUT2D eigenvalue weighted by atomic mass is 10.1. The number of nitrogens with zero attached hydrogens (tertiary/aromatic N) is 1. The molecule has 4 N–H and O–H groups in total. The van der Waals surface area contributed by atoms with Crippen LogP contribution in [-0.4, -0.2) is 44.2 Å². The van der Waals surface area contributed by atoms with Crippen molar-refractivity contribution in [1.82, 2.24) is 10.3 Å². The molecule has 0 aromatic carbocycles. The molecule has 1 aliphatic heterocycles. The Balaban J connectivity index is 2.24. The van der Waals surface area contributed by atoms with Gasteiger partial charge in [0.25, 0.3) is 0 Å². The first-order chi connectivity index (χ1) is 11.2. The van der Waals surface area contributed by atoms with Crippen LogP contribution in [0.1, 0.15) is 29.1 Å². The summed E-state index contributed by atoms with van der Waals surface area (Å²) in [5.74, 6) is -0.0366. The molecule has 2 rings (SSSR count). The molecule has 0 radical (unpaired) electrons. The van der Waals surface area contributed by atoms with Gasteiger partial charge in [0, 0.05) is 23.1 Å². The van der Waals surface area contributed by atoms with Crippen LogP contribution in [0, 0.1) is 6.92 Å². The number of pyridine rings is 1. The topological polar surface area (TPSA) is 138 Å². The molecule has 0 spiro atoms. The molecule has 1 saturated heterocycles. The Morgan fingerprint density at radius 1 is 1.54 bits per heavy atom. The fraction of sp³-hybridized carbons (Fsp3) is 0.538. The molecule has 24 heavy (non-hydrogen) atoms. The Morgan fingerprint density at radius 3 is 2.88 bits per heavy atom. The lowest BCUT2D eigenvalue weighted by Gasteiger charge is -2.19. The summed E-state index contributed by atoms with van der Waals surface area (Å²) in [6.07, 6.45) is 1.39. The minimum atomic E-state index is -4.66. The number of carbonyl (C=O) groups excluding carboxylic acids is 1. The van der Waals surface area contributed by atoms with Gasteiger partial charge in [-0.1, -0.05) is 0 Å². The number of carbonyl (C=O) groups is 1. The molecule has 1 aromatic rings. The molecule has 0 unspecified atom stereocenters. The van der Waals surface area contributed by atoms with Gasteiger partial charge in [-0.05, 0) is 13.8 Å². The maximum absolute atomic E-state index is 11.8. The zero-order valence-electron chi connectivity index (χ0n) is 13.1. The van der Waals surface area contributed by atoms with Crippen molar-refractivity contribution in [2.75, 3.05) is 12.4 Å². The minimum absolute atomic E-state index is 0.101. The molecule has 9 nitrogen and oxygen atoms in total. The number of thioether (sulfide) groups is 1. The quantitative estimate of drug-likeness (QED) is 0.418. The summed E-state index contributed by atoms with van der Waals surface area (Å²) in [5.41, 5.74) is 1.09. The van der Waals surface area contributed by atoms with E-state index in [4.69, 9.17) is 14.5 Å². The van der Waals surface area contributed by atoms with E-state index in [1.54, 1.807) is 13.8 Å². The van der Waals surface area contributed by atoms with Gasteiger partial charge in [0.15, 0.2) is 0 Å². The number of phosphoric acid groups is 1. The standard InChI is InChI=1S/C13H19N2O7PS/c1-3-21-13(17)9-6-24-12(15-9)10-8(5-22-23(18,19)20)4-14-7(2)11(10)16/h4,9,12,15-16H,3,5-6H2,1-2H3,(H2,18,19,20)/t9-,12+/m1/s1. The average Bonchev–Trinajstić information content (AvgIpc) is 2.97. The number of ether oxygens (including phenoxy) is 1. The van der Waals surface area contributed by atoms with Crippen molar-refractivity contribution in [1.29, 1.82) is 0 Å². The number of rotatable bonds is 6. The van der Waals surface area contributed by atoms with Gasteiger partial charge in [0.05, 0.1) is 24.3 Å². The molecule has 134 valence electrons. The number of hydrogen-bond donors (Lipinski definition) is 4. The van der Waals surface area contributed by atoms with Crippen LogP contribution in [0.25, 0.3) is 0 Å². The van der Waals surface area contributed by atoms with E-state index in [0.29, 0.717) is 22.6 Å². The zero-order valence-corrected chi connectivity index (χ0v) is 14.8. The van der Waals surface area contributed by atoms with Crippen LogP contribution in [0.3, 0.4) is 0 Å². The number of aromatic hydroxyl groups is 1. The first-order valence-electron chi connectivity index (χ1n) is 7.14. The molecule has 0 bridgehead atoms. The summed E-state index contributed by atoms with van der Waals surface area (Å²) in [6.45, 7) is 3.18. The summed E-state index contributed by atoms with van der Waals surface area (Å²) in [5, 5.41) is 12.9. The van der Waals surface area contributed by atoms with Gasteiger partial charge in [0.2, 0.25) is 0 Å². The van der Waals surface area contributed by atoms with Crippen LogP contribution in [0.15, 0.2) is 6.20 Å². The SMILES string of the molecule is CCOC(=O)[C@H]1CS[C@@H](c2c(COP(=O)(O)O)cnc(C)c2O)N1. The number of nitrogens with one attached hydrogen (secondary N) is 1. The highest BCUT2D eigenvalue weighted by Gasteiger charge is 2.34. The summed E-state index contributed by atoms with van der Waals surface area (Å²) < 4.78 is 20.4. The predicted octanol–water partition coefficient (Wildman–Crippen LogP) is 0.972. The van der Waals surface area contributed by atoms with Gasteiger partial charge in [-0.15, -0.1) is 11.8 Å². The fourth-order valence-electron chi connectivity index (χ4n) is 2.23. The molecule has 0 aliphatic carbocycles. The van der Waals surface area contributed by atoms with Crippen molar-refractivity contribution in [3.63, 3.8) is 0 Å². The lowest BCUT2D eigenvalue weighted by molar-refractivity contribution is -0.144. The van der Waals surface area contributed by atoms with Gasteiger partial charge < -0.3 is 19.6 Å². The summed E-state index contributed by atoms with van der Waals surface area (Å²) in [6, 6.07) is -0.525. The van der Waals surface area contributed by atoms with E-state index < -0.39 is 25.8 Å². The second-order valence-corrected chi connectivity index (χ2v) is 7.46. The lowest BCUT2D eigenvalue weighted by Crippen LogP contribution is -2.35. The van der Waals surface area contributed by atoms with Gasteiger partial charge >= 0.3 is 13.8 Å². The maximum Gasteiger partial charge on any atom is 0.469 e. The van der Waals surface area contributed by atoms with E-state index in [1.165, 1.54) is 18.0 Å². The van der Waals surface area contributed by atoms with Gasteiger partial charge in [-0.25, -0.2) is 4.57 Å². The number of aryl methyl sites for hydroxylation is 1. The highest BCUT2D eigenvalue weighted by Crippen LogP contribution is 2.43. The summed E-state index contributed by atoms with van der Waals surface area (Å²) >= 11 is 1.38. The van der Waals surface area contributed by atoms with Crippen LogP contribution >= 0.6 is 19.6 Å². The largest absolute Gasteiger partial charge is 0.506 e. The van der Waals surface area contributed by atoms with Gasteiger partial charge in [-0.2, -0.15) is 0 Å². The van der Waals surface area contributed by atoms with Crippen molar-refractivity contribution in [2.45, 2.75) is 31.9 Å². The monoisotopic (exact) mass is 378 g/mol. The van der Waals surface area contributed by atoms with Gasteiger partial charge in [0.1, 0.15) is 11.8 Å². The first-order valence-corrected chi connectivity index (χ1v) is 9.72. The molecule has 11 heteroatoms. The number of hydrogen-bond acceptors (Lipinski definition) is 8. The zero-order chi connectivity index (χ0) is 17.9. The summed E-state index contributed by atoms with van der Waals surface area (Å²) in [7, 11) is -4.66. The second kappa shape index (κ2) is 7.81. The highest BCUT2D eigenvalue weighted by molar-refractivity contribution is 7.99. The van der Waals surface area contributed by atoms with E-state index >= 15 is 0 Å². The number of phosphoric ester groups is 1. The van der Waals surface area contributed by atoms with Crippen molar-refractivity contribution in [3.05, 3.63) is 23.0 Å². The summed E-state index contributed by atoms with van der Waals surface area (Å²) in [4.78, 5) is 33.5. The second-order valence-electron chi connectivity index (χ2n) is 5.08. The Labute approximate surface area is 143 Å². The van der Waals surface area contributed by atoms with Crippen LogP contribution in [0.5, 0.6) is 5.75 Å².